The number of aliphatic hydroxyl groups excluding tert-OH is 1. The second kappa shape index (κ2) is 4.56. The summed E-state index contributed by atoms with van der Waals surface area (Å²) in [6, 6.07) is 2.23. The van der Waals surface area contributed by atoms with Crippen LogP contribution in [0.15, 0.2) is 12.3 Å². The molecule has 0 saturated heterocycles. The summed E-state index contributed by atoms with van der Waals surface area (Å²) in [5.41, 5.74) is 4.06. The average molecular weight is 191 g/mol. The molecular weight excluding hydrogens is 174 g/mol. The van der Waals surface area contributed by atoms with Crippen molar-refractivity contribution in [2.75, 3.05) is 6.61 Å². The summed E-state index contributed by atoms with van der Waals surface area (Å²) in [7, 11) is 0. The monoisotopic (exact) mass is 191 g/mol. The van der Waals surface area contributed by atoms with Gasteiger partial charge in [0.2, 0.25) is 0 Å². The molecule has 0 atom stereocenters. The van der Waals surface area contributed by atoms with Gasteiger partial charge in [0.05, 0.1) is 0 Å². The Labute approximate surface area is 85.0 Å². The van der Waals surface area contributed by atoms with Crippen LogP contribution in [-0.2, 0) is 19.3 Å². The van der Waals surface area contributed by atoms with Crippen LogP contribution in [0.3, 0.4) is 0 Å². The van der Waals surface area contributed by atoms with Gasteiger partial charge in [-0.3, -0.25) is 4.98 Å². The van der Waals surface area contributed by atoms with Gasteiger partial charge in [0, 0.05) is 18.5 Å². The fourth-order valence-electron chi connectivity index (χ4n) is 2.06. The molecule has 2 nitrogen and oxygen atoms in total. The van der Waals surface area contributed by atoms with Gasteiger partial charge in [-0.15, -0.1) is 0 Å². The fraction of sp³-hybridized carbons (Fsp3) is 0.583. The predicted octanol–water partition coefficient (Wildman–Crippen LogP) is 1.89. The van der Waals surface area contributed by atoms with E-state index in [0.29, 0.717) is 0 Å². The molecule has 1 aliphatic rings. The second-order valence-corrected chi connectivity index (χ2v) is 3.98. The van der Waals surface area contributed by atoms with E-state index in [1.54, 1.807) is 0 Å². The summed E-state index contributed by atoms with van der Waals surface area (Å²) in [6.07, 6.45) is 8.80. The maximum Gasteiger partial charge on any atom is 0.0434 e. The molecule has 2 rings (SSSR count). The van der Waals surface area contributed by atoms with Crippen LogP contribution in [0.5, 0.6) is 0 Å². The fourth-order valence-corrected chi connectivity index (χ4v) is 2.06. The molecule has 2 heteroatoms. The van der Waals surface area contributed by atoms with E-state index in [9.17, 15) is 0 Å². The summed E-state index contributed by atoms with van der Waals surface area (Å²) in [5.74, 6) is 0. The van der Waals surface area contributed by atoms with Crippen LogP contribution in [-0.4, -0.2) is 16.7 Å². The Morgan fingerprint density at radius 1 is 1.21 bits per heavy atom. The Morgan fingerprint density at radius 3 is 2.79 bits per heavy atom. The molecule has 0 spiro atoms. The van der Waals surface area contributed by atoms with Gasteiger partial charge in [0.15, 0.2) is 0 Å². The summed E-state index contributed by atoms with van der Waals surface area (Å²) >= 11 is 0. The largest absolute Gasteiger partial charge is 0.396 e. The van der Waals surface area contributed by atoms with Crippen LogP contribution in [0.4, 0.5) is 0 Å². The van der Waals surface area contributed by atoms with E-state index in [-0.39, 0.29) is 6.61 Å². The number of rotatable bonds is 3. The van der Waals surface area contributed by atoms with Crippen molar-refractivity contribution in [3.8, 4) is 0 Å². The second-order valence-electron chi connectivity index (χ2n) is 3.98. The van der Waals surface area contributed by atoms with Crippen molar-refractivity contribution < 1.29 is 5.11 Å². The minimum absolute atomic E-state index is 0.263. The van der Waals surface area contributed by atoms with Gasteiger partial charge in [-0.25, -0.2) is 0 Å². The first-order valence-corrected chi connectivity index (χ1v) is 5.47. The SMILES string of the molecule is OCCCc1cc2c(cn1)CCCC2. The van der Waals surface area contributed by atoms with Gasteiger partial charge >= 0.3 is 0 Å². The molecular formula is C12H17NO. The lowest BCUT2D eigenvalue weighted by atomic mass is 9.92. The summed E-state index contributed by atoms with van der Waals surface area (Å²) in [5, 5.41) is 8.74. The van der Waals surface area contributed by atoms with Crippen molar-refractivity contribution in [3.63, 3.8) is 0 Å². The molecule has 0 amide bonds. The highest BCUT2D eigenvalue weighted by Crippen LogP contribution is 2.21. The maximum absolute atomic E-state index is 8.74. The van der Waals surface area contributed by atoms with Crippen molar-refractivity contribution in [2.45, 2.75) is 38.5 Å². The molecule has 0 fully saturated rings. The number of aliphatic hydroxyl groups is 1. The average Bonchev–Trinajstić information content (AvgIpc) is 2.26. The lowest BCUT2D eigenvalue weighted by Crippen LogP contribution is -2.05. The van der Waals surface area contributed by atoms with Crippen LogP contribution < -0.4 is 0 Å². The first-order valence-electron chi connectivity index (χ1n) is 5.47. The number of hydrogen-bond acceptors (Lipinski definition) is 2. The van der Waals surface area contributed by atoms with E-state index < -0.39 is 0 Å². The number of aryl methyl sites for hydroxylation is 3. The Balaban J connectivity index is 2.12. The number of nitrogens with zero attached hydrogens (tertiary/aromatic N) is 1. The molecule has 0 bridgehead atoms. The van der Waals surface area contributed by atoms with Crippen LogP contribution in [0, 0.1) is 0 Å². The lowest BCUT2D eigenvalue weighted by Gasteiger charge is -2.15. The Morgan fingerprint density at radius 2 is 2.00 bits per heavy atom. The molecule has 1 aromatic rings. The predicted molar refractivity (Wildman–Crippen MR) is 56.3 cm³/mol. The highest BCUT2D eigenvalue weighted by Gasteiger charge is 2.09. The molecule has 0 radical (unpaired) electrons. The van der Waals surface area contributed by atoms with Gasteiger partial charge < -0.3 is 5.11 Å². The molecule has 1 aromatic heterocycles. The van der Waals surface area contributed by atoms with E-state index in [0.717, 1.165) is 18.5 Å². The van der Waals surface area contributed by atoms with E-state index in [4.69, 9.17) is 5.11 Å². The van der Waals surface area contributed by atoms with Gasteiger partial charge in [-0.1, -0.05) is 0 Å². The normalized spacial score (nSPS) is 15.2. The summed E-state index contributed by atoms with van der Waals surface area (Å²) in [4.78, 5) is 4.42. The first-order chi connectivity index (χ1) is 6.90. The van der Waals surface area contributed by atoms with Crippen molar-refractivity contribution >= 4 is 0 Å². The third kappa shape index (κ3) is 2.13. The van der Waals surface area contributed by atoms with E-state index in [1.807, 2.05) is 6.20 Å². The van der Waals surface area contributed by atoms with Gasteiger partial charge in [-0.2, -0.15) is 0 Å². The standard InChI is InChI=1S/C12H17NO/c14-7-3-6-12-8-10-4-1-2-5-11(10)9-13-12/h8-9,14H,1-7H2. The van der Waals surface area contributed by atoms with Gasteiger partial charge in [-0.05, 0) is 55.7 Å². The molecule has 0 unspecified atom stereocenters. The van der Waals surface area contributed by atoms with Crippen molar-refractivity contribution in [1.82, 2.24) is 4.98 Å². The van der Waals surface area contributed by atoms with Crippen molar-refractivity contribution in [1.29, 1.82) is 0 Å². The minimum Gasteiger partial charge on any atom is -0.396 e. The number of fused-ring (bicyclic) bond motifs is 1. The maximum atomic E-state index is 8.74. The number of aromatic nitrogens is 1. The zero-order valence-corrected chi connectivity index (χ0v) is 8.50. The topological polar surface area (TPSA) is 33.1 Å². The zero-order valence-electron chi connectivity index (χ0n) is 8.50. The van der Waals surface area contributed by atoms with Crippen LogP contribution in [0.1, 0.15) is 36.1 Å². The molecule has 1 aliphatic carbocycles. The molecule has 1 heterocycles. The van der Waals surface area contributed by atoms with E-state index in [1.165, 1.54) is 36.8 Å². The quantitative estimate of drug-likeness (QED) is 0.791. The molecule has 0 saturated carbocycles. The van der Waals surface area contributed by atoms with Crippen LogP contribution in [0.25, 0.3) is 0 Å². The number of pyridine rings is 1. The first kappa shape index (κ1) is 9.66. The van der Waals surface area contributed by atoms with Crippen LogP contribution in [0.2, 0.25) is 0 Å². The Kier molecular flexibility index (Phi) is 3.14. The van der Waals surface area contributed by atoms with Gasteiger partial charge in [0.1, 0.15) is 0 Å². The Hall–Kier alpha value is -0.890. The molecule has 0 aliphatic heterocycles. The van der Waals surface area contributed by atoms with Gasteiger partial charge in [0.25, 0.3) is 0 Å². The molecule has 1 N–H and O–H groups in total. The van der Waals surface area contributed by atoms with Crippen molar-refractivity contribution in [3.05, 3.63) is 29.1 Å². The lowest BCUT2D eigenvalue weighted by molar-refractivity contribution is 0.288. The third-order valence-corrected chi connectivity index (χ3v) is 2.87. The number of hydrogen-bond donors (Lipinski definition) is 1. The van der Waals surface area contributed by atoms with Crippen LogP contribution >= 0.6 is 0 Å². The van der Waals surface area contributed by atoms with Crippen molar-refractivity contribution in [2.24, 2.45) is 0 Å². The highest BCUT2D eigenvalue weighted by atomic mass is 16.2. The minimum atomic E-state index is 0.263. The summed E-state index contributed by atoms with van der Waals surface area (Å²) in [6.45, 7) is 0.263. The van der Waals surface area contributed by atoms with E-state index >= 15 is 0 Å². The molecule has 76 valence electrons. The highest BCUT2D eigenvalue weighted by molar-refractivity contribution is 5.28. The van der Waals surface area contributed by atoms with E-state index in [2.05, 4.69) is 11.1 Å². The third-order valence-electron chi connectivity index (χ3n) is 2.87. The molecule has 14 heavy (non-hydrogen) atoms. The Bertz CT molecular complexity index is 309. The smallest absolute Gasteiger partial charge is 0.0434 e. The zero-order chi connectivity index (χ0) is 9.80. The summed E-state index contributed by atoms with van der Waals surface area (Å²) < 4.78 is 0. The molecule has 0 aromatic carbocycles.